The first-order valence-corrected chi connectivity index (χ1v) is 19.2. The van der Waals surface area contributed by atoms with Crippen LogP contribution in [0.5, 0.6) is 0 Å². The molecule has 3 N–H and O–H groups in total. The predicted molar refractivity (Wildman–Crippen MR) is 191 cm³/mol. The third-order valence-electron chi connectivity index (χ3n) is 16.2. The van der Waals surface area contributed by atoms with Gasteiger partial charge in [0.15, 0.2) is 5.69 Å². The summed E-state index contributed by atoms with van der Waals surface area (Å²) in [5, 5.41) is 19.8. The number of fused-ring (bicyclic) bond motifs is 3. The molecule has 0 amide bonds. The molecule has 0 spiro atoms. The number of carboxylic acid groups (broad SMARTS) is 1. The maximum Gasteiger partial charge on any atom is 0.360 e. The second-order valence-corrected chi connectivity index (χ2v) is 19.1. The lowest BCUT2D eigenvalue weighted by Gasteiger charge is -2.71. The third-order valence-corrected chi connectivity index (χ3v) is 16.2. The van der Waals surface area contributed by atoms with Crippen molar-refractivity contribution in [2.45, 2.75) is 125 Å². The number of rotatable bonds is 9. The smallest absolute Gasteiger partial charge is 0.360 e. The number of carboxylic acids is 1. The first-order chi connectivity index (χ1) is 23.2. The molecule has 0 unspecified atom stereocenters. The molecule has 12 atom stereocenters. The van der Waals surface area contributed by atoms with Gasteiger partial charge in [-0.2, -0.15) is 0 Å². The number of ether oxygens (including phenoxy) is 3. The zero-order valence-corrected chi connectivity index (χ0v) is 32.5. The Labute approximate surface area is 299 Å². The van der Waals surface area contributed by atoms with Gasteiger partial charge in [0, 0.05) is 16.4 Å². The topological polar surface area (TPSA) is 139 Å². The summed E-state index contributed by atoms with van der Waals surface area (Å²) in [6, 6.07) is -0.219. The fourth-order valence-corrected chi connectivity index (χ4v) is 12.2. The van der Waals surface area contributed by atoms with E-state index in [9.17, 15) is 14.7 Å². The predicted octanol–water partition coefficient (Wildman–Crippen LogP) is 6.95. The van der Waals surface area contributed by atoms with Crippen LogP contribution in [0.2, 0.25) is 0 Å². The molecular weight excluding hydrogens is 632 g/mol. The van der Waals surface area contributed by atoms with Crippen molar-refractivity contribution in [3.63, 3.8) is 0 Å². The Bertz CT molecular complexity index is 1520. The van der Waals surface area contributed by atoms with E-state index in [1.165, 1.54) is 12.7 Å². The summed E-state index contributed by atoms with van der Waals surface area (Å²) in [7, 11) is 1.35. The van der Waals surface area contributed by atoms with Crippen LogP contribution in [0.15, 0.2) is 17.8 Å². The second kappa shape index (κ2) is 12.4. The molecule has 2 heterocycles. The molecule has 1 saturated heterocycles. The number of allylic oxidation sites excluding steroid dienone is 1. The lowest BCUT2D eigenvalue weighted by molar-refractivity contribution is -0.252. The molecule has 4 aliphatic carbocycles. The maximum atomic E-state index is 13.5. The Hall–Kier alpha value is -2.30. The van der Waals surface area contributed by atoms with Crippen LogP contribution in [0.25, 0.3) is 0 Å². The van der Waals surface area contributed by atoms with Crippen molar-refractivity contribution in [2.24, 2.45) is 68.3 Å². The van der Waals surface area contributed by atoms with Crippen molar-refractivity contribution in [3.8, 4) is 0 Å². The van der Waals surface area contributed by atoms with Crippen LogP contribution in [-0.2, 0) is 19.0 Å². The molecule has 280 valence electrons. The highest BCUT2D eigenvalue weighted by Crippen LogP contribution is 2.75. The van der Waals surface area contributed by atoms with Gasteiger partial charge in [-0.1, -0.05) is 79.2 Å². The van der Waals surface area contributed by atoms with Gasteiger partial charge in [-0.15, -0.1) is 5.10 Å². The highest BCUT2D eigenvalue weighted by molar-refractivity contribution is 5.86. The summed E-state index contributed by atoms with van der Waals surface area (Å²) in [5.41, 5.74) is 6.36. The zero-order valence-electron chi connectivity index (χ0n) is 32.5. The fourth-order valence-electron chi connectivity index (χ4n) is 12.2. The van der Waals surface area contributed by atoms with Crippen molar-refractivity contribution < 1.29 is 28.9 Å². The van der Waals surface area contributed by atoms with Gasteiger partial charge in [0.1, 0.15) is 0 Å². The number of carbonyl (C=O) groups excluding carboxylic acids is 1. The van der Waals surface area contributed by atoms with Crippen LogP contribution in [0.4, 0.5) is 0 Å². The Morgan fingerprint density at radius 2 is 1.80 bits per heavy atom. The quantitative estimate of drug-likeness (QED) is 0.207. The highest BCUT2D eigenvalue weighted by Gasteiger charge is 2.72. The second-order valence-electron chi connectivity index (χ2n) is 19.1. The van der Waals surface area contributed by atoms with Gasteiger partial charge >= 0.3 is 11.9 Å². The largest absolute Gasteiger partial charge is 0.481 e. The standard InChI is InChI=1S/C40H64N4O6/c1-23(2)25(5)35(6)16-17-37(8)26-12-13-30-36(7)20-49-22-40(30,27(26)14-15-38(37,9)31(35)33(45)46)18-29(32(36)50-21-39(10,41)24(3)4)44-19-28(42-43-44)34(47)48-11/h14,19,23-26,29-32H,12-13,15-18,20-22,41H2,1-11H3,(H,45,46)/t25-,26+,29-,30+,31-,32+,35-,36-,37-,38+,39+,40+/m1/s1. The molecule has 50 heavy (non-hydrogen) atoms. The van der Waals surface area contributed by atoms with Crippen LogP contribution in [0, 0.1) is 62.6 Å². The van der Waals surface area contributed by atoms with Gasteiger partial charge in [0.25, 0.3) is 0 Å². The number of nitrogens with zero attached hydrogens (tertiary/aromatic N) is 3. The SMILES string of the molecule is COC(=O)c1cn([C@@H]2C[C@@]34COC[C@](C)([C@@H]3CC[C@H]3C4=CC[C@@]4(C)[C@H](C(=O)O)[C@@](C)([C@H](C)C(C)C)CC[C@]34C)[C@H]2OC[C@](C)(N)C(C)C)nn1. The summed E-state index contributed by atoms with van der Waals surface area (Å²) in [5.74, 6) is -0.157. The molecule has 5 aliphatic rings. The zero-order chi connectivity index (χ0) is 36.8. The number of methoxy groups -OCH3 is 1. The van der Waals surface area contributed by atoms with Crippen molar-refractivity contribution in [3.05, 3.63) is 23.5 Å². The van der Waals surface area contributed by atoms with Crippen LogP contribution < -0.4 is 5.73 Å². The van der Waals surface area contributed by atoms with E-state index >= 15 is 0 Å². The molecular formula is C40H64N4O6. The van der Waals surface area contributed by atoms with Crippen LogP contribution >= 0.6 is 0 Å². The first kappa shape index (κ1) is 37.5. The molecule has 1 aromatic heterocycles. The van der Waals surface area contributed by atoms with E-state index in [0.29, 0.717) is 31.7 Å². The van der Waals surface area contributed by atoms with Gasteiger partial charge < -0.3 is 25.1 Å². The van der Waals surface area contributed by atoms with Gasteiger partial charge in [-0.25, -0.2) is 9.48 Å². The van der Waals surface area contributed by atoms with E-state index in [-0.39, 0.29) is 57.3 Å². The fraction of sp³-hybridized carbons (Fsp3) is 0.850. The number of hydrogen-bond acceptors (Lipinski definition) is 8. The van der Waals surface area contributed by atoms with Crippen LogP contribution in [0.3, 0.4) is 0 Å². The van der Waals surface area contributed by atoms with E-state index in [4.69, 9.17) is 19.9 Å². The summed E-state index contributed by atoms with van der Waals surface area (Å²) >= 11 is 0. The number of hydrogen-bond donors (Lipinski definition) is 2. The molecule has 1 aliphatic heterocycles. The minimum atomic E-state index is -0.649. The molecule has 0 aromatic carbocycles. The third kappa shape index (κ3) is 5.19. The van der Waals surface area contributed by atoms with Crippen molar-refractivity contribution in [1.82, 2.24) is 15.0 Å². The van der Waals surface area contributed by atoms with Gasteiger partial charge in [-0.3, -0.25) is 4.79 Å². The number of carbonyl (C=O) groups is 2. The van der Waals surface area contributed by atoms with E-state index in [2.05, 4.69) is 78.7 Å². The lowest BCUT2D eigenvalue weighted by atomic mass is 9.34. The molecule has 10 nitrogen and oxygen atoms in total. The molecule has 10 heteroatoms. The average Bonchev–Trinajstić information content (AvgIpc) is 3.54. The first-order valence-electron chi connectivity index (χ1n) is 19.2. The number of esters is 1. The van der Waals surface area contributed by atoms with E-state index in [0.717, 1.165) is 38.5 Å². The van der Waals surface area contributed by atoms with Crippen LogP contribution in [0.1, 0.15) is 124 Å². The van der Waals surface area contributed by atoms with Crippen molar-refractivity contribution in [1.29, 1.82) is 0 Å². The number of aliphatic carboxylic acids is 1. The summed E-state index contributed by atoms with van der Waals surface area (Å²) in [6.07, 6.45) is 9.31. The van der Waals surface area contributed by atoms with Crippen LogP contribution in [-0.4, -0.2) is 70.6 Å². The van der Waals surface area contributed by atoms with Gasteiger partial charge in [0.2, 0.25) is 0 Å². The Kier molecular flexibility index (Phi) is 9.29. The minimum absolute atomic E-state index is 0.172. The molecule has 2 bridgehead atoms. The lowest BCUT2D eigenvalue weighted by Crippen LogP contribution is -2.69. The van der Waals surface area contributed by atoms with Gasteiger partial charge in [0.05, 0.1) is 51.2 Å². The Balaban J connectivity index is 1.46. The summed E-state index contributed by atoms with van der Waals surface area (Å²) < 4.78 is 20.5. The number of nitrogens with two attached hydrogens (primary N) is 1. The van der Waals surface area contributed by atoms with Crippen molar-refractivity contribution in [2.75, 3.05) is 26.9 Å². The minimum Gasteiger partial charge on any atom is -0.481 e. The molecule has 4 fully saturated rings. The average molecular weight is 697 g/mol. The molecule has 3 saturated carbocycles. The Morgan fingerprint density at radius 3 is 2.42 bits per heavy atom. The van der Waals surface area contributed by atoms with E-state index in [1.54, 1.807) is 6.20 Å². The summed E-state index contributed by atoms with van der Waals surface area (Å²) in [4.78, 5) is 26.0. The van der Waals surface area contributed by atoms with E-state index < -0.39 is 28.8 Å². The highest BCUT2D eigenvalue weighted by atomic mass is 16.5. The van der Waals surface area contributed by atoms with Gasteiger partial charge in [-0.05, 0) is 91.3 Å². The Morgan fingerprint density at radius 1 is 1.10 bits per heavy atom. The normalized spacial score (nSPS) is 42.8. The van der Waals surface area contributed by atoms with Crippen molar-refractivity contribution >= 4 is 11.9 Å². The molecule has 0 radical (unpaired) electrons. The monoisotopic (exact) mass is 696 g/mol. The maximum absolute atomic E-state index is 13.5. The number of aromatic nitrogens is 3. The summed E-state index contributed by atoms with van der Waals surface area (Å²) in [6.45, 7) is 23.9. The molecule has 1 aromatic rings. The van der Waals surface area contributed by atoms with E-state index in [1.807, 2.05) is 11.6 Å². The molecule has 6 rings (SSSR count).